The van der Waals surface area contributed by atoms with Gasteiger partial charge in [0.2, 0.25) is 0 Å². The Labute approximate surface area is 243 Å². The lowest BCUT2D eigenvalue weighted by atomic mass is 10.1. The monoisotopic (exact) mass is 598 g/mol. The topological polar surface area (TPSA) is 79.1 Å². The molecule has 0 saturated heterocycles. The Balaban J connectivity index is 1.46. The van der Waals surface area contributed by atoms with Crippen LogP contribution in [0.25, 0.3) is 32.5 Å². The summed E-state index contributed by atoms with van der Waals surface area (Å²) in [6.45, 7) is 1.12. The van der Waals surface area contributed by atoms with Crippen LogP contribution in [0.15, 0.2) is 65.2 Å². The average Bonchev–Trinajstić information content (AvgIpc) is 3.38. The second-order valence-electron chi connectivity index (χ2n) is 12.0. The lowest BCUT2D eigenvalue weighted by Gasteiger charge is -2.46. The first-order valence-corrected chi connectivity index (χ1v) is 18.7. The highest BCUT2D eigenvalue weighted by atomic mass is 35.5. The van der Waals surface area contributed by atoms with E-state index in [-0.39, 0.29) is 12.3 Å². The lowest BCUT2D eigenvalue weighted by Crippen LogP contribution is -2.27. The molecule has 1 aromatic carbocycles. The summed E-state index contributed by atoms with van der Waals surface area (Å²) in [5.74, 6) is 1.92. The molecule has 5 aromatic rings. The lowest BCUT2D eigenvalue weighted by molar-refractivity contribution is 0.0879. The van der Waals surface area contributed by atoms with E-state index in [9.17, 15) is 4.79 Å². The van der Waals surface area contributed by atoms with Gasteiger partial charge in [-0.25, -0.2) is 4.98 Å². The zero-order chi connectivity index (χ0) is 28.4. The van der Waals surface area contributed by atoms with Crippen molar-refractivity contribution in [3.8, 4) is 17.3 Å². The number of halogens is 1. The van der Waals surface area contributed by atoms with E-state index in [1.165, 1.54) is 5.56 Å². The van der Waals surface area contributed by atoms with Gasteiger partial charge in [0, 0.05) is 24.7 Å². The van der Waals surface area contributed by atoms with Crippen LogP contribution in [-0.4, -0.2) is 63.5 Å². The number of benzene rings is 1. The largest absolute Gasteiger partial charge is 0.494 e. The number of hydrogen-bond donors (Lipinski definition) is 1. The van der Waals surface area contributed by atoms with Gasteiger partial charge in [0.25, 0.3) is 5.56 Å². The molecule has 0 radical (unpaired) electrons. The van der Waals surface area contributed by atoms with Crippen molar-refractivity contribution in [3.05, 3.63) is 81.3 Å². The maximum Gasteiger partial charge on any atom is 0.263 e. The van der Waals surface area contributed by atoms with Crippen LogP contribution in [-0.2, 0) is 17.9 Å². The van der Waals surface area contributed by atoms with Crippen molar-refractivity contribution >= 4 is 53.1 Å². The van der Waals surface area contributed by atoms with E-state index >= 15 is 0 Å². The van der Waals surface area contributed by atoms with Gasteiger partial charge >= 0.3 is 0 Å². The maximum absolute atomic E-state index is 13.9. The Kier molecular flexibility index (Phi) is 8.20. The third kappa shape index (κ3) is 7.01. The average molecular weight is 599 g/mol. The number of aryl methyl sites for hydroxylation is 1. The first-order chi connectivity index (χ1) is 19.0. The molecule has 0 aliphatic rings. The molecule has 5 rings (SSSR count). The van der Waals surface area contributed by atoms with E-state index in [2.05, 4.69) is 35.0 Å². The molecule has 4 aromatic heterocycles. The highest BCUT2D eigenvalue weighted by molar-refractivity contribution is 8.47. The molecule has 0 fully saturated rings. The van der Waals surface area contributed by atoms with Crippen molar-refractivity contribution in [2.24, 2.45) is 0 Å². The third-order valence-electron chi connectivity index (χ3n) is 6.53. The molecule has 0 amide bonds. The fourth-order valence-corrected chi connectivity index (χ4v) is 6.10. The Morgan fingerprint density at radius 1 is 1.05 bits per heavy atom. The van der Waals surface area contributed by atoms with Gasteiger partial charge in [-0.05, 0) is 90.3 Å². The molecular weight excluding hydrogens is 564 g/mol. The third-order valence-corrected chi connectivity index (χ3v) is 9.66. The van der Waals surface area contributed by atoms with Crippen LogP contribution < -0.4 is 10.3 Å². The molecule has 0 atom stereocenters. The van der Waals surface area contributed by atoms with Crippen molar-refractivity contribution in [3.63, 3.8) is 0 Å². The Hall–Kier alpha value is -2.98. The summed E-state index contributed by atoms with van der Waals surface area (Å²) in [5, 5.41) is 3.81. The number of thiol groups is 1. The molecule has 212 valence electrons. The molecule has 0 aliphatic heterocycles. The van der Waals surface area contributed by atoms with Crippen LogP contribution in [0.1, 0.15) is 12.0 Å². The molecule has 0 unspecified atom stereocenters. The number of nitrogens with zero attached hydrogens (tertiary/aromatic N) is 4. The summed E-state index contributed by atoms with van der Waals surface area (Å²) < 4.78 is 14.7. The first-order valence-electron chi connectivity index (χ1n) is 13.2. The smallest absolute Gasteiger partial charge is 0.263 e. The van der Waals surface area contributed by atoms with E-state index in [0.717, 1.165) is 28.7 Å². The summed E-state index contributed by atoms with van der Waals surface area (Å²) in [4.78, 5) is 27.4. The number of ether oxygens (including phenoxy) is 2. The quantitative estimate of drug-likeness (QED) is 0.142. The standard InChI is InChI=1S/C30H35ClN4O3S2/c1-40(2,3,4)15-13-37-20-35-29(26-16-22-9-14-39-27(22)19-33-26)34-28-24(30(35)36)17-23(18-25(28)31)38-12-5-6-21-7-10-32-11-8-21/h7-11,14,16-19,40H,5-6,12-13,15,20H2,1-4H3. The number of thiophene rings is 1. The highest BCUT2D eigenvalue weighted by Gasteiger charge is 2.20. The Morgan fingerprint density at radius 3 is 2.62 bits per heavy atom. The van der Waals surface area contributed by atoms with Gasteiger partial charge in [-0.3, -0.25) is 28.5 Å². The molecular formula is C30H35ClN4O3S2. The minimum atomic E-state index is -1.75. The van der Waals surface area contributed by atoms with Gasteiger partial charge in [-0.1, -0.05) is 11.6 Å². The number of pyridine rings is 2. The minimum Gasteiger partial charge on any atom is -0.494 e. The van der Waals surface area contributed by atoms with Gasteiger partial charge in [0.05, 0.1) is 33.8 Å². The number of fused-ring (bicyclic) bond motifs is 2. The maximum atomic E-state index is 13.9. The fourth-order valence-electron chi connectivity index (χ4n) is 4.25. The molecule has 4 heterocycles. The summed E-state index contributed by atoms with van der Waals surface area (Å²) in [5.41, 5.74) is 1.97. The zero-order valence-electron chi connectivity index (χ0n) is 23.3. The summed E-state index contributed by atoms with van der Waals surface area (Å²) in [7, 11) is -1.75. The molecule has 0 aliphatic carbocycles. The van der Waals surface area contributed by atoms with E-state index < -0.39 is 9.16 Å². The van der Waals surface area contributed by atoms with E-state index in [0.29, 0.717) is 46.4 Å². The highest BCUT2D eigenvalue weighted by Crippen LogP contribution is 2.54. The summed E-state index contributed by atoms with van der Waals surface area (Å²) in [6, 6.07) is 11.4. The van der Waals surface area contributed by atoms with Crippen LogP contribution >= 0.6 is 32.1 Å². The van der Waals surface area contributed by atoms with Gasteiger partial charge in [-0.2, -0.15) is 0 Å². The zero-order valence-corrected chi connectivity index (χ0v) is 25.7. The summed E-state index contributed by atoms with van der Waals surface area (Å²) in [6.07, 6.45) is 16.3. The van der Waals surface area contributed by atoms with E-state index in [1.807, 2.05) is 35.8 Å². The van der Waals surface area contributed by atoms with E-state index in [4.69, 9.17) is 26.1 Å². The normalized spacial score (nSPS) is 13.0. The molecule has 0 saturated carbocycles. The molecule has 7 nitrogen and oxygen atoms in total. The predicted molar refractivity (Wildman–Crippen MR) is 171 cm³/mol. The van der Waals surface area contributed by atoms with Crippen LogP contribution in [0.2, 0.25) is 5.02 Å². The van der Waals surface area contributed by atoms with Crippen molar-refractivity contribution in [2.45, 2.75) is 19.6 Å². The van der Waals surface area contributed by atoms with Crippen LogP contribution in [0.3, 0.4) is 0 Å². The molecule has 10 heteroatoms. The SMILES string of the molecule is C[SH](C)(C)(C)CCOCn1c(-c2cc3ccsc3cn2)nc2c(Cl)cc(OCCCc3ccncc3)cc2c1=O. The van der Waals surface area contributed by atoms with Crippen molar-refractivity contribution in [2.75, 3.05) is 44.0 Å². The van der Waals surface area contributed by atoms with Crippen LogP contribution in [0.4, 0.5) is 0 Å². The second-order valence-corrected chi connectivity index (χ2v) is 21.7. The van der Waals surface area contributed by atoms with Gasteiger partial charge < -0.3 is 9.47 Å². The summed E-state index contributed by atoms with van der Waals surface area (Å²) >= 11 is 8.30. The van der Waals surface area contributed by atoms with Crippen LogP contribution in [0, 0.1) is 0 Å². The second kappa shape index (κ2) is 11.5. The number of rotatable bonds is 11. The molecule has 0 spiro atoms. The fraction of sp³-hybridized carbons (Fsp3) is 0.333. The first kappa shape index (κ1) is 28.5. The Bertz CT molecular complexity index is 1700. The van der Waals surface area contributed by atoms with Crippen LogP contribution in [0.5, 0.6) is 5.75 Å². The van der Waals surface area contributed by atoms with E-state index in [1.54, 1.807) is 40.4 Å². The van der Waals surface area contributed by atoms with Gasteiger partial charge in [0.1, 0.15) is 18.2 Å². The number of aromatic nitrogens is 4. The van der Waals surface area contributed by atoms with Crippen molar-refractivity contribution in [1.29, 1.82) is 0 Å². The van der Waals surface area contributed by atoms with Gasteiger partial charge in [-0.15, -0.1) is 11.3 Å². The molecule has 0 bridgehead atoms. The Morgan fingerprint density at radius 2 is 1.85 bits per heavy atom. The molecule has 0 N–H and O–H groups in total. The predicted octanol–water partition coefficient (Wildman–Crippen LogP) is 6.30. The molecule has 40 heavy (non-hydrogen) atoms. The van der Waals surface area contributed by atoms with Crippen molar-refractivity contribution in [1.82, 2.24) is 19.5 Å². The van der Waals surface area contributed by atoms with Gasteiger partial charge in [0.15, 0.2) is 5.82 Å². The number of hydrogen-bond acceptors (Lipinski definition) is 7. The minimum absolute atomic E-state index is 0.0710. The van der Waals surface area contributed by atoms with Crippen molar-refractivity contribution < 1.29 is 9.47 Å².